The molecule has 1 unspecified atom stereocenters. The summed E-state index contributed by atoms with van der Waals surface area (Å²) in [5, 5.41) is 10.1. The first-order chi connectivity index (χ1) is 15.3. The van der Waals surface area contributed by atoms with Crippen molar-refractivity contribution in [2.24, 2.45) is 5.73 Å². The van der Waals surface area contributed by atoms with Gasteiger partial charge in [0.25, 0.3) is 5.56 Å². The summed E-state index contributed by atoms with van der Waals surface area (Å²) in [5.74, 6) is -1.47. The van der Waals surface area contributed by atoms with Gasteiger partial charge in [-0.05, 0) is 41.5 Å². The van der Waals surface area contributed by atoms with Gasteiger partial charge >= 0.3 is 5.97 Å². The number of methoxy groups -OCH3 is 1. The van der Waals surface area contributed by atoms with Gasteiger partial charge in [-0.2, -0.15) is 5.26 Å². The molecule has 0 aliphatic carbocycles. The van der Waals surface area contributed by atoms with Crippen molar-refractivity contribution in [1.82, 2.24) is 4.57 Å². The molecule has 4 rings (SSSR count). The second kappa shape index (κ2) is 8.90. The van der Waals surface area contributed by atoms with E-state index in [0.717, 1.165) is 14.5 Å². The fourth-order valence-corrected chi connectivity index (χ4v) is 5.22. The molecular formula is C23H15Br2N3O3S. The average molecular weight is 573 g/mol. The molecule has 2 aromatic carbocycles. The number of fused-ring (bicyclic) bond motifs is 1. The van der Waals surface area contributed by atoms with E-state index in [1.165, 1.54) is 23.0 Å². The molecule has 0 bridgehead atoms. The predicted octanol–water partition coefficient (Wildman–Crippen LogP) is 3.04. The van der Waals surface area contributed by atoms with Crippen molar-refractivity contribution in [3.8, 4) is 6.07 Å². The quantitative estimate of drug-likeness (QED) is 0.486. The van der Waals surface area contributed by atoms with Crippen LogP contribution in [-0.4, -0.2) is 17.6 Å². The molecule has 32 heavy (non-hydrogen) atoms. The highest BCUT2D eigenvalue weighted by molar-refractivity contribution is 9.10. The zero-order valence-electron chi connectivity index (χ0n) is 16.6. The summed E-state index contributed by atoms with van der Waals surface area (Å²) in [4.78, 5) is 26.0. The molecule has 3 aromatic rings. The van der Waals surface area contributed by atoms with Crippen molar-refractivity contribution in [2.75, 3.05) is 7.11 Å². The maximum absolute atomic E-state index is 13.2. The van der Waals surface area contributed by atoms with Crippen molar-refractivity contribution >= 4 is 66.6 Å². The minimum atomic E-state index is -0.751. The van der Waals surface area contributed by atoms with E-state index in [0.29, 0.717) is 14.8 Å². The molecule has 160 valence electrons. The third-order valence-corrected chi connectivity index (χ3v) is 7.21. The molecule has 0 saturated heterocycles. The average Bonchev–Trinajstić information content (AvgIpc) is 3.11. The molecule has 1 aliphatic rings. The number of nitrogens with two attached hydrogens (primary N) is 1. The van der Waals surface area contributed by atoms with Crippen LogP contribution in [0.25, 0.3) is 17.5 Å². The summed E-state index contributed by atoms with van der Waals surface area (Å²) >= 11 is 7.95. The van der Waals surface area contributed by atoms with Crippen LogP contribution in [0, 0.1) is 11.3 Å². The van der Waals surface area contributed by atoms with Gasteiger partial charge in [-0.25, -0.2) is 4.79 Å². The Bertz CT molecular complexity index is 1480. The molecule has 1 aliphatic heterocycles. The Labute approximate surface area is 203 Å². The van der Waals surface area contributed by atoms with E-state index in [1.807, 2.05) is 36.4 Å². The Morgan fingerprint density at radius 3 is 2.31 bits per heavy atom. The van der Waals surface area contributed by atoms with E-state index in [2.05, 4.69) is 37.9 Å². The number of thiazole rings is 1. The minimum Gasteiger partial charge on any atom is -0.466 e. The molecule has 2 heterocycles. The molecular weight excluding hydrogens is 558 g/mol. The van der Waals surface area contributed by atoms with Crippen LogP contribution in [0.4, 0.5) is 0 Å². The number of benzene rings is 2. The van der Waals surface area contributed by atoms with Crippen molar-refractivity contribution in [2.45, 2.75) is 5.92 Å². The molecule has 0 amide bonds. The summed E-state index contributed by atoms with van der Waals surface area (Å²) in [5.41, 5.74) is 7.81. The Morgan fingerprint density at radius 2 is 1.75 bits per heavy atom. The number of carbonyl (C=O) groups is 1. The van der Waals surface area contributed by atoms with Gasteiger partial charge in [0.05, 0.1) is 34.8 Å². The highest BCUT2D eigenvalue weighted by Crippen LogP contribution is 2.37. The SMILES string of the molecule is COC(=O)C1=C(N)n2c(sc(=Cc3ccc(Br)cc3)c2=O)=C(C#N)C1c1ccc(Br)cc1. The van der Waals surface area contributed by atoms with Crippen LogP contribution in [0.2, 0.25) is 0 Å². The summed E-state index contributed by atoms with van der Waals surface area (Å²) in [6.07, 6.45) is 1.74. The van der Waals surface area contributed by atoms with Gasteiger partial charge in [-0.15, -0.1) is 11.3 Å². The number of esters is 1. The van der Waals surface area contributed by atoms with E-state index >= 15 is 0 Å². The number of rotatable bonds is 3. The van der Waals surface area contributed by atoms with Crippen LogP contribution in [0.1, 0.15) is 17.0 Å². The lowest BCUT2D eigenvalue weighted by Gasteiger charge is -2.24. The van der Waals surface area contributed by atoms with Crippen molar-refractivity contribution < 1.29 is 9.53 Å². The largest absolute Gasteiger partial charge is 0.466 e. The first kappa shape index (κ1) is 22.3. The standard InChI is InChI=1S/C23H15Br2N3O3S/c1-31-23(30)19-18(13-4-8-15(25)9-5-13)16(11-26)22-28(20(19)27)21(29)17(32-22)10-12-2-6-14(24)7-3-12/h2-10,18H,27H2,1H3. The van der Waals surface area contributed by atoms with Crippen LogP contribution in [0.15, 0.2) is 67.8 Å². The fraction of sp³-hybridized carbons (Fsp3) is 0.0870. The molecule has 1 aromatic heterocycles. The normalized spacial score (nSPS) is 16.0. The van der Waals surface area contributed by atoms with E-state index < -0.39 is 17.4 Å². The van der Waals surface area contributed by atoms with Crippen molar-refractivity contribution in [3.63, 3.8) is 0 Å². The summed E-state index contributed by atoms with van der Waals surface area (Å²) in [7, 11) is 1.24. The predicted molar refractivity (Wildman–Crippen MR) is 131 cm³/mol. The van der Waals surface area contributed by atoms with Crippen LogP contribution in [0.3, 0.4) is 0 Å². The zero-order valence-corrected chi connectivity index (χ0v) is 20.6. The van der Waals surface area contributed by atoms with E-state index in [9.17, 15) is 14.9 Å². The Morgan fingerprint density at radius 1 is 1.16 bits per heavy atom. The third-order valence-electron chi connectivity index (χ3n) is 5.05. The lowest BCUT2D eigenvalue weighted by Crippen LogP contribution is -2.40. The first-order valence-electron chi connectivity index (χ1n) is 9.33. The van der Waals surface area contributed by atoms with Gasteiger partial charge in [-0.1, -0.05) is 56.1 Å². The lowest BCUT2D eigenvalue weighted by molar-refractivity contribution is -0.136. The Kier molecular flexibility index (Phi) is 6.20. The third kappa shape index (κ3) is 3.86. The molecule has 1 atom stereocenters. The fourth-order valence-electron chi connectivity index (χ4n) is 3.56. The number of nitrogens with zero attached hydrogens (tertiary/aromatic N) is 2. The van der Waals surface area contributed by atoms with Gasteiger partial charge in [0, 0.05) is 8.95 Å². The monoisotopic (exact) mass is 571 g/mol. The van der Waals surface area contributed by atoms with Crippen LogP contribution in [0.5, 0.6) is 0 Å². The van der Waals surface area contributed by atoms with E-state index in [-0.39, 0.29) is 17.0 Å². The Hall–Kier alpha value is -2.93. The van der Waals surface area contributed by atoms with Gasteiger partial charge in [-0.3, -0.25) is 9.36 Å². The maximum Gasteiger partial charge on any atom is 0.338 e. The van der Waals surface area contributed by atoms with Crippen molar-refractivity contribution in [3.05, 3.63) is 93.7 Å². The molecule has 0 spiro atoms. The lowest BCUT2D eigenvalue weighted by atomic mass is 9.84. The summed E-state index contributed by atoms with van der Waals surface area (Å²) in [6, 6.07) is 16.9. The van der Waals surface area contributed by atoms with Gasteiger partial charge in [0.15, 0.2) is 0 Å². The number of ether oxygens (including phenoxy) is 1. The molecule has 0 saturated carbocycles. The van der Waals surface area contributed by atoms with Crippen LogP contribution in [-0.2, 0) is 9.53 Å². The number of hydrogen-bond acceptors (Lipinski definition) is 6. The highest BCUT2D eigenvalue weighted by Gasteiger charge is 2.36. The smallest absolute Gasteiger partial charge is 0.338 e. The summed E-state index contributed by atoms with van der Waals surface area (Å²) < 4.78 is 8.77. The molecule has 2 N–H and O–H groups in total. The highest BCUT2D eigenvalue weighted by atomic mass is 79.9. The van der Waals surface area contributed by atoms with Gasteiger partial charge in [0.1, 0.15) is 10.5 Å². The van der Waals surface area contributed by atoms with Crippen LogP contribution >= 0.6 is 43.2 Å². The number of carbonyl (C=O) groups excluding carboxylic acids is 1. The van der Waals surface area contributed by atoms with E-state index in [1.54, 1.807) is 18.2 Å². The number of hydrogen-bond donors (Lipinski definition) is 1. The van der Waals surface area contributed by atoms with Crippen molar-refractivity contribution in [1.29, 1.82) is 5.26 Å². The minimum absolute atomic E-state index is 0.0320. The van der Waals surface area contributed by atoms with E-state index in [4.69, 9.17) is 10.5 Å². The molecule has 6 nitrogen and oxygen atoms in total. The second-order valence-electron chi connectivity index (χ2n) is 6.91. The maximum atomic E-state index is 13.2. The second-order valence-corrected chi connectivity index (χ2v) is 9.77. The van der Waals surface area contributed by atoms with Crippen LogP contribution < -0.4 is 20.5 Å². The van der Waals surface area contributed by atoms with Gasteiger partial charge < -0.3 is 10.5 Å². The molecule has 0 fully saturated rings. The Balaban J connectivity index is 2.06. The first-order valence-corrected chi connectivity index (χ1v) is 11.7. The zero-order chi connectivity index (χ0) is 23.0. The van der Waals surface area contributed by atoms with Gasteiger partial charge in [0.2, 0.25) is 0 Å². The number of halogens is 2. The number of nitriles is 1. The number of aromatic nitrogens is 1. The topological polar surface area (TPSA) is 98.1 Å². The molecule has 9 heteroatoms. The summed E-state index contributed by atoms with van der Waals surface area (Å²) in [6.45, 7) is 0. The molecule has 0 radical (unpaired) electrons.